The Morgan fingerprint density at radius 3 is 1.73 bits per heavy atom. The summed E-state index contributed by atoms with van der Waals surface area (Å²) in [6.07, 6.45) is 0. The first-order chi connectivity index (χ1) is 13.8. The molecule has 0 heterocycles. The Morgan fingerprint density at radius 2 is 1.10 bits per heavy atom. The van der Waals surface area contributed by atoms with E-state index in [9.17, 15) is 0 Å². The standard InChI is InChI=1S/C28H19.CH3.Y/c1-19-17-21-16-15-20-9-8-14-24-26(20)27(21)25(18-19)28(24,22-10-4-2-5-11-22)23-12-6-3-7-13-23;;/h2-18H,1H2;1H3;/q2*-1;. The second kappa shape index (κ2) is 7.69. The first kappa shape index (κ1) is 20.9. The molecule has 0 fully saturated rings. The van der Waals surface area contributed by atoms with Gasteiger partial charge in [-0.05, 0) is 32.8 Å². The van der Waals surface area contributed by atoms with Gasteiger partial charge in [0.2, 0.25) is 0 Å². The molecule has 0 bridgehead atoms. The van der Waals surface area contributed by atoms with Crippen LogP contribution in [0.3, 0.4) is 0 Å². The van der Waals surface area contributed by atoms with Gasteiger partial charge in [-0.25, -0.2) is 0 Å². The minimum absolute atomic E-state index is 0. The van der Waals surface area contributed by atoms with Crippen molar-refractivity contribution in [1.82, 2.24) is 0 Å². The third kappa shape index (κ3) is 2.64. The van der Waals surface area contributed by atoms with Crippen LogP contribution < -0.4 is 0 Å². The maximum absolute atomic E-state index is 4.31. The first-order valence-corrected chi connectivity index (χ1v) is 9.73. The summed E-state index contributed by atoms with van der Waals surface area (Å²) in [6, 6.07) is 37.6. The summed E-state index contributed by atoms with van der Waals surface area (Å²) in [5.41, 5.74) is 6.06. The Kier molecular flexibility index (Phi) is 5.34. The van der Waals surface area contributed by atoms with Crippen LogP contribution >= 0.6 is 0 Å². The summed E-state index contributed by atoms with van der Waals surface area (Å²) in [6.45, 7) is 4.31. The van der Waals surface area contributed by atoms with Crippen molar-refractivity contribution in [3.63, 3.8) is 0 Å². The molecule has 0 saturated heterocycles. The Balaban J connectivity index is 0.00000109. The molecule has 0 nitrogen and oxygen atoms in total. The Hall–Kier alpha value is -2.41. The van der Waals surface area contributed by atoms with Gasteiger partial charge in [0.15, 0.2) is 0 Å². The number of hydrogen-bond donors (Lipinski definition) is 0. The molecule has 6 rings (SSSR count). The summed E-state index contributed by atoms with van der Waals surface area (Å²) in [5, 5.41) is 5.32. The van der Waals surface area contributed by atoms with Gasteiger partial charge in [-0.2, -0.15) is 24.6 Å². The molecule has 1 radical (unpaired) electrons. The molecule has 0 aromatic heterocycles. The summed E-state index contributed by atoms with van der Waals surface area (Å²) in [5.74, 6) is 0. The monoisotopic (exact) mass is 459 g/mol. The average Bonchev–Trinajstić information content (AvgIpc) is 3.05. The van der Waals surface area contributed by atoms with Crippen molar-refractivity contribution in [2.45, 2.75) is 5.41 Å². The average molecular weight is 459 g/mol. The fraction of sp³-hybridized carbons (Fsp3) is 0.0345. The number of benzene rings is 5. The molecule has 1 heteroatoms. The smallest absolute Gasteiger partial charge is 0.0602 e. The van der Waals surface area contributed by atoms with Gasteiger partial charge in [-0.3, -0.25) is 0 Å². The second-order valence-corrected chi connectivity index (χ2v) is 7.69. The van der Waals surface area contributed by atoms with E-state index in [-0.39, 0.29) is 45.6 Å². The van der Waals surface area contributed by atoms with Crippen molar-refractivity contribution in [2.24, 2.45) is 0 Å². The molecule has 0 aliphatic heterocycles. The molecule has 0 unspecified atom stereocenters. The van der Waals surface area contributed by atoms with Crippen LogP contribution in [0.2, 0.25) is 0 Å². The van der Waals surface area contributed by atoms with Crippen molar-refractivity contribution in [1.29, 1.82) is 0 Å². The summed E-state index contributed by atoms with van der Waals surface area (Å²) >= 11 is 0. The van der Waals surface area contributed by atoms with Crippen molar-refractivity contribution in [3.8, 4) is 0 Å². The van der Waals surface area contributed by atoms with E-state index < -0.39 is 0 Å². The molecule has 5 aromatic carbocycles. The van der Waals surface area contributed by atoms with Gasteiger partial charge < -0.3 is 7.43 Å². The SMILES string of the molecule is [CH2-]c1cc2c3c(ccc4cccc(c43)C2(c2ccccc2)c2ccccc2)c1.[CH3-].[Y]. The van der Waals surface area contributed by atoms with E-state index in [1.807, 2.05) is 0 Å². The molecule has 0 spiro atoms. The predicted molar refractivity (Wildman–Crippen MR) is 124 cm³/mol. The van der Waals surface area contributed by atoms with Gasteiger partial charge in [0.05, 0.1) is 5.41 Å². The normalized spacial score (nSPS) is 13.2. The molecule has 0 N–H and O–H groups in total. The van der Waals surface area contributed by atoms with E-state index in [2.05, 4.69) is 110 Å². The van der Waals surface area contributed by atoms with Crippen LogP contribution in [0.5, 0.6) is 0 Å². The van der Waals surface area contributed by atoms with E-state index >= 15 is 0 Å². The molecule has 143 valence electrons. The van der Waals surface area contributed by atoms with E-state index in [0.717, 1.165) is 5.56 Å². The van der Waals surface area contributed by atoms with E-state index in [0.29, 0.717) is 0 Å². The van der Waals surface area contributed by atoms with E-state index in [4.69, 9.17) is 0 Å². The largest absolute Gasteiger partial charge is 0.358 e. The van der Waals surface area contributed by atoms with E-state index in [1.165, 1.54) is 43.8 Å². The zero-order valence-electron chi connectivity index (χ0n) is 17.1. The van der Waals surface area contributed by atoms with Crippen LogP contribution in [-0.4, -0.2) is 0 Å². The maximum atomic E-state index is 4.31. The molecule has 30 heavy (non-hydrogen) atoms. The predicted octanol–water partition coefficient (Wildman–Crippen LogP) is 7.32. The van der Waals surface area contributed by atoms with Gasteiger partial charge in [-0.1, -0.05) is 102 Å². The topological polar surface area (TPSA) is 0 Å². The zero-order chi connectivity index (χ0) is 18.7. The number of hydrogen-bond acceptors (Lipinski definition) is 0. The van der Waals surface area contributed by atoms with Crippen molar-refractivity contribution in [2.75, 3.05) is 0 Å². The summed E-state index contributed by atoms with van der Waals surface area (Å²) in [4.78, 5) is 0. The summed E-state index contributed by atoms with van der Waals surface area (Å²) < 4.78 is 0. The third-order valence-electron chi connectivity index (χ3n) is 6.24. The minimum atomic E-state index is -0.322. The van der Waals surface area contributed by atoms with Gasteiger partial charge in [-0.15, -0.1) is 0 Å². The quantitative estimate of drug-likeness (QED) is 0.188. The van der Waals surface area contributed by atoms with Crippen LogP contribution in [0, 0.1) is 14.4 Å². The molecular weight excluding hydrogens is 437 g/mol. The van der Waals surface area contributed by atoms with Gasteiger partial charge >= 0.3 is 0 Å². The Labute approximate surface area is 203 Å². The van der Waals surface area contributed by atoms with Crippen LogP contribution in [0.4, 0.5) is 0 Å². The summed E-state index contributed by atoms with van der Waals surface area (Å²) in [7, 11) is 0. The Morgan fingerprint density at radius 1 is 0.533 bits per heavy atom. The molecule has 0 amide bonds. The fourth-order valence-corrected chi connectivity index (χ4v) is 5.22. The molecule has 1 aliphatic carbocycles. The van der Waals surface area contributed by atoms with Crippen molar-refractivity contribution < 1.29 is 32.7 Å². The van der Waals surface area contributed by atoms with Crippen molar-refractivity contribution in [3.05, 3.63) is 145 Å². The van der Waals surface area contributed by atoms with Gasteiger partial charge in [0.25, 0.3) is 0 Å². The van der Waals surface area contributed by atoms with Crippen LogP contribution in [0.1, 0.15) is 27.8 Å². The van der Waals surface area contributed by atoms with Crippen molar-refractivity contribution >= 4 is 21.5 Å². The molecular formula is C29H22Y-2. The fourth-order valence-electron chi connectivity index (χ4n) is 5.22. The van der Waals surface area contributed by atoms with Gasteiger partial charge in [0, 0.05) is 32.7 Å². The minimum Gasteiger partial charge on any atom is -0.358 e. The second-order valence-electron chi connectivity index (χ2n) is 7.69. The maximum Gasteiger partial charge on any atom is 0.0602 e. The third-order valence-corrected chi connectivity index (χ3v) is 6.24. The molecule has 5 aromatic rings. The van der Waals surface area contributed by atoms with Gasteiger partial charge in [0.1, 0.15) is 0 Å². The van der Waals surface area contributed by atoms with E-state index in [1.54, 1.807) is 0 Å². The van der Waals surface area contributed by atoms with Crippen LogP contribution in [-0.2, 0) is 38.1 Å². The number of rotatable bonds is 2. The Bertz CT molecular complexity index is 1310. The molecule has 0 atom stereocenters. The van der Waals surface area contributed by atoms with Crippen LogP contribution in [0.25, 0.3) is 21.5 Å². The van der Waals surface area contributed by atoms with Crippen LogP contribution in [0.15, 0.2) is 103 Å². The molecule has 0 saturated carbocycles. The zero-order valence-corrected chi connectivity index (χ0v) is 19.9. The molecule has 1 aliphatic rings. The first-order valence-electron chi connectivity index (χ1n) is 9.73.